The number of benzene rings is 2. The molecule has 1 fully saturated rings. The van der Waals surface area contributed by atoms with E-state index in [1.807, 2.05) is 53.8 Å². The van der Waals surface area contributed by atoms with Gasteiger partial charge in [0.1, 0.15) is 5.75 Å². The van der Waals surface area contributed by atoms with E-state index < -0.39 is 12.6 Å². The Morgan fingerprint density at radius 1 is 1.26 bits per heavy atom. The molecule has 0 aliphatic carbocycles. The average Bonchev–Trinajstić information content (AvgIpc) is 3.07. The molecule has 0 radical (unpaired) electrons. The molecule has 31 heavy (non-hydrogen) atoms. The molecule has 8 nitrogen and oxygen atoms in total. The number of halogens is 1. The van der Waals surface area contributed by atoms with Crippen molar-refractivity contribution in [2.45, 2.75) is 6.92 Å². The summed E-state index contributed by atoms with van der Waals surface area (Å²) in [6.07, 6.45) is 1.71. The van der Waals surface area contributed by atoms with Crippen LogP contribution in [0.15, 0.2) is 46.3 Å². The lowest BCUT2D eigenvalue weighted by molar-refractivity contribution is -0.139. The van der Waals surface area contributed by atoms with Crippen molar-refractivity contribution in [3.63, 3.8) is 0 Å². The van der Waals surface area contributed by atoms with E-state index in [9.17, 15) is 9.59 Å². The lowest BCUT2D eigenvalue weighted by Gasteiger charge is -2.12. The number of aliphatic imine (C=N–C) groups is 1. The van der Waals surface area contributed by atoms with Gasteiger partial charge in [0.05, 0.1) is 27.9 Å². The maximum absolute atomic E-state index is 12.4. The van der Waals surface area contributed by atoms with Crippen LogP contribution < -0.4 is 19.5 Å². The zero-order valence-electron chi connectivity index (χ0n) is 16.7. The van der Waals surface area contributed by atoms with Gasteiger partial charge in [-0.05, 0) is 89.3 Å². The van der Waals surface area contributed by atoms with Gasteiger partial charge >= 0.3 is 5.97 Å². The Hall–Kier alpha value is -2.73. The fourth-order valence-corrected chi connectivity index (χ4v) is 4.25. The number of carboxylic acid groups (broad SMARTS) is 1. The topological polar surface area (TPSA) is 106 Å². The summed E-state index contributed by atoms with van der Waals surface area (Å²) in [5, 5.41) is 12.1. The Morgan fingerprint density at radius 3 is 2.65 bits per heavy atom. The normalized spacial score (nSPS) is 15.8. The molecule has 2 aromatic rings. The van der Waals surface area contributed by atoms with Crippen LogP contribution in [-0.2, 0) is 9.59 Å². The molecule has 1 amide bonds. The number of hydrogen-bond donors (Lipinski definition) is 2. The number of aliphatic carboxylic acids is 1. The number of rotatable bonds is 8. The smallest absolute Gasteiger partial charge is 0.341 e. The molecular weight excluding hydrogens is 535 g/mol. The summed E-state index contributed by atoms with van der Waals surface area (Å²) in [4.78, 5) is 28.1. The molecule has 1 aliphatic heterocycles. The second-order valence-corrected chi connectivity index (χ2v) is 8.32. The first-order valence-electron chi connectivity index (χ1n) is 9.14. The number of hydrogen-bond acceptors (Lipinski definition) is 7. The quantitative estimate of drug-likeness (QED) is 0.375. The van der Waals surface area contributed by atoms with Crippen LogP contribution in [0.5, 0.6) is 17.2 Å². The highest BCUT2D eigenvalue weighted by Gasteiger charge is 2.24. The summed E-state index contributed by atoms with van der Waals surface area (Å²) >= 11 is 3.26. The SMILES string of the molecule is CCOc1ccc(N=C2NC(=O)/C(=C\c3cc(I)c(OCC(=O)O)c(OC)c3)S2)cc1. The molecule has 0 aromatic heterocycles. The second kappa shape index (κ2) is 10.5. The van der Waals surface area contributed by atoms with E-state index >= 15 is 0 Å². The highest BCUT2D eigenvalue weighted by Crippen LogP contribution is 2.36. The molecule has 0 saturated carbocycles. The third-order valence-corrected chi connectivity index (χ3v) is 5.63. The third kappa shape index (κ3) is 6.14. The first-order chi connectivity index (χ1) is 14.9. The number of amidine groups is 1. The molecule has 10 heteroatoms. The average molecular weight is 554 g/mol. The second-order valence-electron chi connectivity index (χ2n) is 6.13. The molecule has 2 aromatic carbocycles. The van der Waals surface area contributed by atoms with E-state index in [0.717, 1.165) is 5.75 Å². The number of carboxylic acids is 1. The third-order valence-electron chi connectivity index (χ3n) is 3.92. The van der Waals surface area contributed by atoms with Gasteiger partial charge in [-0.15, -0.1) is 0 Å². The molecule has 1 saturated heterocycles. The Balaban J connectivity index is 1.79. The Bertz CT molecular complexity index is 1050. The zero-order valence-corrected chi connectivity index (χ0v) is 19.7. The lowest BCUT2D eigenvalue weighted by Crippen LogP contribution is -2.19. The number of carbonyl (C=O) groups excluding carboxylic acids is 1. The predicted molar refractivity (Wildman–Crippen MR) is 127 cm³/mol. The van der Waals surface area contributed by atoms with Crippen molar-refractivity contribution in [2.24, 2.45) is 4.99 Å². The van der Waals surface area contributed by atoms with Gasteiger partial charge < -0.3 is 24.6 Å². The van der Waals surface area contributed by atoms with Gasteiger partial charge in [0.25, 0.3) is 5.91 Å². The molecule has 0 bridgehead atoms. The number of thioether (sulfide) groups is 1. The molecule has 0 unspecified atom stereocenters. The summed E-state index contributed by atoms with van der Waals surface area (Å²) in [6.45, 7) is 2.03. The van der Waals surface area contributed by atoms with Crippen LogP contribution in [-0.4, -0.2) is 42.5 Å². The lowest BCUT2D eigenvalue weighted by atomic mass is 10.2. The Labute approximate surface area is 196 Å². The van der Waals surface area contributed by atoms with Crippen molar-refractivity contribution in [3.05, 3.63) is 50.4 Å². The minimum Gasteiger partial charge on any atom is -0.494 e. The van der Waals surface area contributed by atoms with Crippen LogP contribution in [0.2, 0.25) is 0 Å². The summed E-state index contributed by atoms with van der Waals surface area (Å²) in [6, 6.07) is 10.7. The van der Waals surface area contributed by atoms with Gasteiger partial charge in [0.15, 0.2) is 23.3 Å². The number of nitrogens with zero attached hydrogens (tertiary/aromatic N) is 1. The maximum atomic E-state index is 12.4. The van der Waals surface area contributed by atoms with E-state index in [-0.39, 0.29) is 5.91 Å². The Morgan fingerprint density at radius 2 is 2.00 bits per heavy atom. The van der Waals surface area contributed by atoms with E-state index in [1.54, 1.807) is 18.2 Å². The molecule has 0 spiro atoms. The fraction of sp³-hybridized carbons (Fsp3) is 0.190. The summed E-state index contributed by atoms with van der Waals surface area (Å²) in [5.41, 5.74) is 1.41. The van der Waals surface area contributed by atoms with Crippen molar-refractivity contribution in [3.8, 4) is 17.2 Å². The maximum Gasteiger partial charge on any atom is 0.341 e. The largest absolute Gasteiger partial charge is 0.494 e. The van der Waals surface area contributed by atoms with Crippen LogP contribution >= 0.6 is 34.4 Å². The number of nitrogens with one attached hydrogen (secondary N) is 1. The zero-order chi connectivity index (χ0) is 22.4. The van der Waals surface area contributed by atoms with Crippen molar-refractivity contribution in [1.29, 1.82) is 0 Å². The highest BCUT2D eigenvalue weighted by atomic mass is 127. The van der Waals surface area contributed by atoms with Crippen molar-refractivity contribution < 1.29 is 28.9 Å². The van der Waals surface area contributed by atoms with Crippen LogP contribution in [0.4, 0.5) is 5.69 Å². The van der Waals surface area contributed by atoms with E-state index in [0.29, 0.717) is 43.0 Å². The predicted octanol–water partition coefficient (Wildman–Crippen LogP) is 4.05. The number of methoxy groups -OCH3 is 1. The van der Waals surface area contributed by atoms with Gasteiger partial charge in [-0.1, -0.05) is 0 Å². The van der Waals surface area contributed by atoms with E-state index in [1.165, 1.54) is 18.9 Å². The van der Waals surface area contributed by atoms with Crippen LogP contribution in [0.3, 0.4) is 0 Å². The Kier molecular flexibility index (Phi) is 7.80. The molecule has 3 rings (SSSR count). The fourth-order valence-electron chi connectivity index (χ4n) is 2.63. The molecule has 1 heterocycles. The van der Waals surface area contributed by atoms with Crippen molar-refractivity contribution in [2.75, 3.05) is 20.3 Å². The van der Waals surface area contributed by atoms with Crippen LogP contribution in [0.1, 0.15) is 12.5 Å². The standard InChI is InChI=1S/C21H19IN2O6S/c1-3-29-14-6-4-13(5-7-14)23-21-24-20(27)17(31-21)10-12-8-15(22)19(16(9-12)28-2)30-11-18(25)26/h4-10H,3,11H2,1-2H3,(H,25,26)(H,23,24,27)/b17-10+. The number of amides is 1. The molecule has 2 N–H and O–H groups in total. The first-order valence-corrected chi connectivity index (χ1v) is 11.0. The van der Waals surface area contributed by atoms with Crippen LogP contribution in [0.25, 0.3) is 6.08 Å². The minimum absolute atomic E-state index is 0.255. The van der Waals surface area contributed by atoms with Crippen molar-refractivity contribution in [1.82, 2.24) is 5.32 Å². The number of ether oxygens (including phenoxy) is 3. The monoisotopic (exact) mass is 554 g/mol. The van der Waals surface area contributed by atoms with Gasteiger partial charge in [0, 0.05) is 0 Å². The highest BCUT2D eigenvalue weighted by molar-refractivity contribution is 14.1. The molecule has 0 atom stereocenters. The van der Waals surface area contributed by atoms with E-state index in [4.69, 9.17) is 19.3 Å². The van der Waals surface area contributed by atoms with Crippen molar-refractivity contribution >= 4 is 63.2 Å². The van der Waals surface area contributed by atoms with Gasteiger partial charge in [-0.25, -0.2) is 9.79 Å². The summed E-state index contributed by atoms with van der Waals surface area (Å²) < 4.78 is 16.7. The molecular formula is C21H19IN2O6S. The molecule has 162 valence electrons. The molecule has 1 aliphatic rings. The first kappa shape index (κ1) is 22.9. The van der Waals surface area contributed by atoms with Gasteiger partial charge in [0.2, 0.25) is 0 Å². The summed E-state index contributed by atoms with van der Waals surface area (Å²) in [5.74, 6) is 0.146. The van der Waals surface area contributed by atoms with Gasteiger partial charge in [-0.3, -0.25) is 4.79 Å². The summed E-state index contributed by atoms with van der Waals surface area (Å²) in [7, 11) is 1.47. The van der Waals surface area contributed by atoms with E-state index in [2.05, 4.69) is 10.3 Å². The number of carbonyl (C=O) groups is 2. The van der Waals surface area contributed by atoms with Gasteiger partial charge in [-0.2, -0.15) is 0 Å². The van der Waals surface area contributed by atoms with Crippen LogP contribution in [0, 0.1) is 3.57 Å². The minimum atomic E-state index is -1.08.